The number of benzene rings is 1. The molecule has 1 aromatic carbocycles. The molecule has 2 heterocycles. The van der Waals surface area contributed by atoms with Gasteiger partial charge in [0.2, 0.25) is 5.91 Å². The van der Waals surface area contributed by atoms with Crippen molar-refractivity contribution < 1.29 is 33.6 Å². The zero-order valence-electron chi connectivity index (χ0n) is 19.6. The summed E-state index contributed by atoms with van der Waals surface area (Å²) in [6.07, 6.45) is 3.46. The van der Waals surface area contributed by atoms with Crippen molar-refractivity contribution >= 4 is 5.91 Å². The minimum atomic E-state index is -0.836. The van der Waals surface area contributed by atoms with Gasteiger partial charge in [0.25, 0.3) is 0 Å². The van der Waals surface area contributed by atoms with Crippen LogP contribution in [-0.4, -0.2) is 93.9 Å². The molecule has 9 nitrogen and oxygen atoms in total. The summed E-state index contributed by atoms with van der Waals surface area (Å²) in [5.41, 5.74) is 0.826. The zero-order valence-corrected chi connectivity index (χ0v) is 19.6. The fraction of sp³-hybridized carbons (Fsp3) is 0.560. The number of nitrogens with one attached hydrogen (secondary N) is 1. The number of ether oxygens (including phenoxy) is 5. The maximum atomic E-state index is 12.8. The van der Waals surface area contributed by atoms with Gasteiger partial charge in [0.1, 0.15) is 30.0 Å². The number of aliphatic hydroxyl groups is 1. The predicted molar refractivity (Wildman–Crippen MR) is 125 cm³/mol. The highest BCUT2D eigenvalue weighted by Crippen LogP contribution is 2.28. The van der Waals surface area contributed by atoms with E-state index in [0.29, 0.717) is 45.1 Å². The smallest absolute Gasteiger partial charge is 0.223 e. The van der Waals surface area contributed by atoms with Crippen LogP contribution in [0.15, 0.2) is 47.7 Å². The summed E-state index contributed by atoms with van der Waals surface area (Å²) in [4.78, 5) is 15.0. The van der Waals surface area contributed by atoms with E-state index in [1.54, 1.807) is 19.2 Å². The van der Waals surface area contributed by atoms with Gasteiger partial charge in [-0.05, 0) is 35.9 Å². The van der Waals surface area contributed by atoms with Gasteiger partial charge in [-0.15, -0.1) is 0 Å². The summed E-state index contributed by atoms with van der Waals surface area (Å²) in [5.74, 6) is 2.04. The molecule has 34 heavy (non-hydrogen) atoms. The van der Waals surface area contributed by atoms with Crippen molar-refractivity contribution in [2.24, 2.45) is 0 Å². The molecule has 2 N–H and O–H groups in total. The van der Waals surface area contributed by atoms with Crippen LogP contribution in [0.1, 0.15) is 12.8 Å². The topological polar surface area (TPSA) is 98.7 Å². The quantitative estimate of drug-likeness (QED) is 0.523. The van der Waals surface area contributed by atoms with Crippen LogP contribution in [0, 0.1) is 0 Å². The lowest BCUT2D eigenvalue weighted by Crippen LogP contribution is -2.53. The molecule has 1 amide bonds. The van der Waals surface area contributed by atoms with Crippen molar-refractivity contribution in [3.63, 3.8) is 0 Å². The number of methoxy groups -OCH3 is 1. The fourth-order valence-electron chi connectivity index (χ4n) is 4.29. The average Bonchev–Trinajstić information content (AvgIpc) is 2.88. The molecule has 0 saturated carbocycles. The van der Waals surface area contributed by atoms with Crippen LogP contribution in [0.5, 0.6) is 11.5 Å². The molecule has 0 aromatic heterocycles. The Hall–Kier alpha value is -2.59. The van der Waals surface area contributed by atoms with E-state index in [9.17, 15) is 9.90 Å². The van der Waals surface area contributed by atoms with Crippen molar-refractivity contribution in [1.29, 1.82) is 0 Å². The van der Waals surface area contributed by atoms with E-state index in [-0.39, 0.29) is 25.0 Å². The Labute approximate surface area is 200 Å². The molecule has 3 atom stereocenters. The summed E-state index contributed by atoms with van der Waals surface area (Å²) in [6, 6.07) is 6.76. The van der Waals surface area contributed by atoms with Crippen LogP contribution in [0.4, 0.5) is 0 Å². The first-order valence-electron chi connectivity index (χ1n) is 11.8. The molecule has 186 valence electrons. The van der Waals surface area contributed by atoms with E-state index in [1.807, 2.05) is 24.3 Å². The maximum absolute atomic E-state index is 12.8. The third-order valence-corrected chi connectivity index (χ3v) is 6.19. The van der Waals surface area contributed by atoms with Crippen LogP contribution < -0.4 is 14.8 Å². The number of fused-ring (bicyclic) bond motifs is 1. The summed E-state index contributed by atoms with van der Waals surface area (Å²) >= 11 is 0. The van der Waals surface area contributed by atoms with Gasteiger partial charge in [0.15, 0.2) is 0 Å². The monoisotopic (exact) mass is 474 g/mol. The molecule has 9 heteroatoms. The van der Waals surface area contributed by atoms with Crippen LogP contribution in [0.25, 0.3) is 0 Å². The third-order valence-electron chi connectivity index (χ3n) is 6.19. The van der Waals surface area contributed by atoms with E-state index in [4.69, 9.17) is 23.7 Å². The number of hydrogen-bond donors (Lipinski definition) is 2. The number of carbonyl (C=O) groups excluding carboxylic acids is 1. The number of nitrogens with zero attached hydrogens (tertiary/aromatic N) is 1. The van der Waals surface area contributed by atoms with Crippen molar-refractivity contribution in [1.82, 2.24) is 10.2 Å². The van der Waals surface area contributed by atoms with Crippen LogP contribution in [0.3, 0.4) is 0 Å². The van der Waals surface area contributed by atoms with Gasteiger partial charge in [-0.25, -0.2) is 0 Å². The number of rotatable bonds is 10. The second-order valence-electron chi connectivity index (χ2n) is 8.53. The molecular formula is C25H34N2O7. The van der Waals surface area contributed by atoms with E-state index in [0.717, 1.165) is 30.2 Å². The lowest BCUT2D eigenvalue weighted by Gasteiger charge is -2.36. The molecule has 1 aliphatic carbocycles. The van der Waals surface area contributed by atoms with E-state index in [2.05, 4.69) is 10.2 Å². The minimum absolute atomic E-state index is 0.171. The number of carbonyl (C=O) groups is 1. The van der Waals surface area contributed by atoms with Gasteiger partial charge in [-0.3, -0.25) is 9.69 Å². The Kier molecular flexibility index (Phi) is 8.81. The summed E-state index contributed by atoms with van der Waals surface area (Å²) in [5, 5.41) is 14.3. The lowest BCUT2D eigenvalue weighted by molar-refractivity contribution is -0.123. The van der Waals surface area contributed by atoms with Gasteiger partial charge >= 0.3 is 0 Å². The molecule has 3 aliphatic rings. The highest BCUT2D eigenvalue weighted by molar-refractivity contribution is 5.76. The molecule has 2 fully saturated rings. The molecule has 0 bridgehead atoms. The largest absolute Gasteiger partial charge is 0.497 e. The Morgan fingerprint density at radius 2 is 1.91 bits per heavy atom. The molecule has 1 aromatic rings. The minimum Gasteiger partial charge on any atom is -0.497 e. The number of hydrogen-bond acceptors (Lipinski definition) is 8. The van der Waals surface area contributed by atoms with Crippen molar-refractivity contribution in [3.05, 3.63) is 47.7 Å². The highest BCUT2D eigenvalue weighted by atomic mass is 16.6. The first-order chi connectivity index (χ1) is 16.6. The van der Waals surface area contributed by atoms with E-state index in [1.165, 1.54) is 0 Å². The third kappa shape index (κ3) is 6.73. The first-order valence-corrected chi connectivity index (χ1v) is 11.8. The molecular weight excluding hydrogens is 440 g/mol. The fourth-order valence-corrected chi connectivity index (χ4v) is 4.29. The Balaban J connectivity index is 1.35. The number of amides is 1. The van der Waals surface area contributed by atoms with Crippen molar-refractivity contribution in [2.75, 3.05) is 59.8 Å². The van der Waals surface area contributed by atoms with E-state index >= 15 is 0 Å². The van der Waals surface area contributed by atoms with Crippen LogP contribution >= 0.6 is 0 Å². The van der Waals surface area contributed by atoms with Gasteiger partial charge in [-0.1, -0.05) is 6.08 Å². The maximum Gasteiger partial charge on any atom is 0.223 e. The van der Waals surface area contributed by atoms with Gasteiger partial charge in [0.05, 0.1) is 52.1 Å². The molecule has 4 rings (SSSR count). The highest BCUT2D eigenvalue weighted by Gasteiger charge is 2.32. The number of morpholine rings is 1. The second kappa shape index (κ2) is 12.2. The normalized spacial score (nSPS) is 22.4. The lowest BCUT2D eigenvalue weighted by atomic mass is 9.91. The van der Waals surface area contributed by atoms with Gasteiger partial charge in [-0.2, -0.15) is 0 Å². The van der Waals surface area contributed by atoms with Gasteiger partial charge < -0.3 is 34.1 Å². The first kappa shape index (κ1) is 24.5. The molecule has 1 unspecified atom stereocenters. The average molecular weight is 475 g/mol. The molecule has 2 aliphatic heterocycles. The van der Waals surface area contributed by atoms with Crippen molar-refractivity contribution in [3.8, 4) is 11.5 Å². The SMILES string of the molecule is COc1ccc(OCCC(=O)N[C@H](CN2CCOCC2)[C@H](O)C2=CC=C3OCCOC3C2)cc1. The zero-order chi connectivity index (χ0) is 23.8. The Bertz CT molecular complexity index is 865. The number of aliphatic hydroxyl groups excluding tert-OH is 1. The van der Waals surface area contributed by atoms with Crippen LogP contribution in [-0.2, 0) is 19.0 Å². The van der Waals surface area contributed by atoms with Gasteiger partial charge in [0, 0.05) is 26.1 Å². The molecule has 2 saturated heterocycles. The summed E-state index contributed by atoms with van der Waals surface area (Å²) in [7, 11) is 1.61. The standard InChI is InChI=1S/C25H34N2O7/c1-30-19-3-5-20(6-4-19)32-11-8-24(28)26-21(17-27-9-12-31-13-10-27)25(29)18-2-7-22-23(16-18)34-15-14-33-22/h2-7,21,23,25,29H,8-17H2,1H3,(H,26,28)/t21-,23?,25-/m1/s1. The second-order valence-corrected chi connectivity index (χ2v) is 8.53. The molecule has 0 spiro atoms. The van der Waals surface area contributed by atoms with Crippen LogP contribution in [0.2, 0.25) is 0 Å². The molecule has 0 radical (unpaired) electrons. The Morgan fingerprint density at radius 3 is 2.68 bits per heavy atom. The van der Waals surface area contributed by atoms with E-state index < -0.39 is 12.1 Å². The van der Waals surface area contributed by atoms with Crippen molar-refractivity contribution in [2.45, 2.75) is 31.1 Å². The number of allylic oxidation sites excluding steroid dienone is 2. The summed E-state index contributed by atoms with van der Waals surface area (Å²) in [6.45, 7) is 4.68. The summed E-state index contributed by atoms with van der Waals surface area (Å²) < 4.78 is 27.7. The Morgan fingerprint density at radius 1 is 1.15 bits per heavy atom. The predicted octanol–water partition coefficient (Wildman–Crippen LogP) is 1.27.